The molecular weight excluding hydrogens is 320 g/mol. The number of aromatic nitrogens is 3. The number of hydrogen-bond donors (Lipinski definition) is 0. The fourth-order valence-electron chi connectivity index (χ4n) is 2.89. The predicted molar refractivity (Wildman–Crippen MR) is 94.6 cm³/mol. The fourth-order valence-corrected chi connectivity index (χ4v) is 3.69. The summed E-state index contributed by atoms with van der Waals surface area (Å²) in [6, 6.07) is 18.0. The zero-order valence-electron chi connectivity index (χ0n) is 13.0. The lowest BCUT2D eigenvalue weighted by Crippen LogP contribution is -2.30. The predicted octanol–water partition coefficient (Wildman–Crippen LogP) is 2.95. The first-order valence-electron chi connectivity index (χ1n) is 7.79. The quantitative estimate of drug-likeness (QED) is 0.688. The van der Waals surface area contributed by atoms with E-state index in [-0.39, 0.29) is 5.91 Å². The van der Waals surface area contributed by atoms with Crippen molar-refractivity contribution in [2.75, 3.05) is 17.2 Å². The third kappa shape index (κ3) is 2.80. The third-order valence-electron chi connectivity index (χ3n) is 4.06. The van der Waals surface area contributed by atoms with Crippen molar-refractivity contribution in [3.8, 4) is 5.69 Å². The largest absolute Gasteiger partial charge is 0.311 e. The van der Waals surface area contributed by atoms with Crippen LogP contribution in [0.1, 0.15) is 5.56 Å². The van der Waals surface area contributed by atoms with Gasteiger partial charge in [0.15, 0.2) is 5.16 Å². The summed E-state index contributed by atoms with van der Waals surface area (Å²) in [5.74, 6) is 0.451. The molecule has 5 nitrogen and oxygen atoms in total. The van der Waals surface area contributed by atoms with Gasteiger partial charge in [0.1, 0.15) is 6.33 Å². The molecule has 6 heteroatoms. The van der Waals surface area contributed by atoms with Crippen LogP contribution in [0, 0.1) is 0 Å². The molecule has 0 bridgehead atoms. The number of amides is 1. The van der Waals surface area contributed by atoms with Crippen molar-refractivity contribution in [1.82, 2.24) is 14.8 Å². The first-order valence-corrected chi connectivity index (χ1v) is 8.78. The van der Waals surface area contributed by atoms with Crippen molar-refractivity contribution in [1.29, 1.82) is 0 Å². The maximum atomic E-state index is 12.6. The summed E-state index contributed by atoms with van der Waals surface area (Å²) in [6.07, 6.45) is 2.60. The van der Waals surface area contributed by atoms with E-state index in [2.05, 4.69) is 16.3 Å². The summed E-state index contributed by atoms with van der Waals surface area (Å²) < 4.78 is 1.90. The molecule has 0 atom stereocenters. The average molecular weight is 336 g/mol. The molecule has 24 heavy (non-hydrogen) atoms. The number of fused-ring (bicyclic) bond motifs is 1. The van der Waals surface area contributed by atoms with Gasteiger partial charge in [-0.3, -0.25) is 9.36 Å². The average Bonchev–Trinajstić information content (AvgIpc) is 3.27. The summed E-state index contributed by atoms with van der Waals surface area (Å²) in [7, 11) is 0. The topological polar surface area (TPSA) is 51.0 Å². The number of nitrogens with zero attached hydrogens (tertiary/aromatic N) is 4. The van der Waals surface area contributed by atoms with Gasteiger partial charge in [-0.05, 0) is 30.2 Å². The van der Waals surface area contributed by atoms with E-state index in [0.717, 1.165) is 29.5 Å². The minimum Gasteiger partial charge on any atom is -0.311 e. The Morgan fingerprint density at radius 2 is 1.88 bits per heavy atom. The Kier molecular flexibility index (Phi) is 4.04. The Bertz CT molecular complexity index is 862. The molecule has 120 valence electrons. The number of benzene rings is 2. The lowest BCUT2D eigenvalue weighted by atomic mass is 10.2. The lowest BCUT2D eigenvalue weighted by molar-refractivity contribution is -0.116. The molecule has 1 aliphatic rings. The van der Waals surface area contributed by atoms with Gasteiger partial charge in [-0.1, -0.05) is 48.2 Å². The molecule has 0 saturated carbocycles. The lowest BCUT2D eigenvalue weighted by Gasteiger charge is -2.16. The van der Waals surface area contributed by atoms with E-state index >= 15 is 0 Å². The molecule has 0 radical (unpaired) electrons. The molecule has 0 fully saturated rings. The van der Waals surface area contributed by atoms with Crippen LogP contribution in [0.25, 0.3) is 5.69 Å². The van der Waals surface area contributed by atoms with Gasteiger partial charge >= 0.3 is 0 Å². The van der Waals surface area contributed by atoms with E-state index in [1.165, 1.54) is 17.3 Å². The van der Waals surface area contributed by atoms with E-state index in [1.807, 2.05) is 58.0 Å². The van der Waals surface area contributed by atoms with E-state index in [9.17, 15) is 4.79 Å². The molecule has 0 aliphatic carbocycles. The molecule has 2 heterocycles. The maximum Gasteiger partial charge on any atom is 0.237 e. The minimum atomic E-state index is 0.104. The first-order chi connectivity index (χ1) is 11.8. The first kappa shape index (κ1) is 15.0. The molecule has 4 rings (SSSR count). The van der Waals surface area contributed by atoms with Gasteiger partial charge in [-0.25, -0.2) is 0 Å². The van der Waals surface area contributed by atoms with Gasteiger partial charge in [0, 0.05) is 17.9 Å². The van der Waals surface area contributed by atoms with Gasteiger partial charge in [-0.2, -0.15) is 0 Å². The zero-order chi connectivity index (χ0) is 16.4. The van der Waals surface area contributed by atoms with E-state index in [1.54, 1.807) is 6.33 Å². The van der Waals surface area contributed by atoms with Gasteiger partial charge in [0.05, 0.1) is 5.75 Å². The van der Waals surface area contributed by atoms with Crippen LogP contribution < -0.4 is 4.90 Å². The van der Waals surface area contributed by atoms with Crippen molar-refractivity contribution in [2.24, 2.45) is 0 Å². The highest BCUT2D eigenvalue weighted by Gasteiger charge is 2.24. The second-order valence-corrected chi connectivity index (χ2v) is 6.47. The monoisotopic (exact) mass is 336 g/mol. The Morgan fingerprint density at radius 1 is 1.08 bits per heavy atom. The Labute approximate surface area is 144 Å². The second-order valence-electron chi connectivity index (χ2n) is 5.53. The number of anilines is 1. The highest BCUT2D eigenvalue weighted by atomic mass is 32.2. The molecule has 0 spiro atoms. The number of thioether (sulfide) groups is 1. The molecule has 3 aromatic rings. The van der Waals surface area contributed by atoms with Crippen molar-refractivity contribution < 1.29 is 4.79 Å². The van der Waals surface area contributed by atoms with Gasteiger partial charge < -0.3 is 4.90 Å². The van der Waals surface area contributed by atoms with Crippen molar-refractivity contribution in [3.05, 3.63) is 66.5 Å². The van der Waals surface area contributed by atoms with Crippen LogP contribution in [0.4, 0.5) is 5.69 Å². The molecule has 1 aromatic heterocycles. The van der Waals surface area contributed by atoms with Crippen molar-refractivity contribution in [3.63, 3.8) is 0 Å². The van der Waals surface area contributed by atoms with Crippen molar-refractivity contribution >= 4 is 23.4 Å². The van der Waals surface area contributed by atoms with Crippen molar-refractivity contribution in [2.45, 2.75) is 11.6 Å². The van der Waals surface area contributed by atoms with Crippen LogP contribution >= 0.6 is 11.8 Å². The molecule has 0 saturated heterocycles. The zero-order valence-corrected chi connectivity index (χ0v) is 13.8. The second kappa shape index (κ2) is 6.49. The highest BCUT2D eigenvalue weighted by Crippen LogP contribution is 2.29. The van der Waals surface area contributed by atoms with Crippen LogP contribution in [0.15, 0.2) is 66.1 Å². The van der Waals surface area contributed by atoms with E-state index in [0.29, 0.717) is 5.75 Å². The number of para-hydroxylation sites is 2. The molecule has 0 unspecified atom stereocenters. The molecule has 0 N–H and O–H groups in total. The standard InChI is InChI=1S/C18H16N4OS/c23-17(21-11-10-14-6-4-5-9-16(14)21)12-24-18-20-19-13-22(18)15-7-2-1-3-8-15/h1-9,13H,10-12H2. The van der Waals surface area contributed by atoms with Crippen LogP contribution in [-0.4, -0.2) is 33.0 Å². The Balaban J connectivity index is 1.47. The highest BCUT2D eigenvalue weighted by molar-refractivity contribution is 7.99. The van der Waals surface area contributed by atoms with Crippen LogP contribution in [0.2, 0.25) is 0 Å². The number of carbonyl (C=O) groups excluding carboxylic acids is 1. The Hall–Kier alpha value is -2.60. The molecule has 1 aliphatic heterocycles. The smallest absolute Gasteiger partial charge is 0.237 e. The molecular formula is C18H16N4OS. The van der Waals surface area contributed by atoms with Crippen LogP contribution in [0.3, 0.4) is 0 Å². The van der Waals surface area contributed by atoms with Crippen LogP contribution in [0.5, 0.6) is 0 Å². The summed E-state index contributed by atoms with van der Waals surface area (Å²) in [6.45, 7) is 0.754. The van der Waals surface area contributed by atoms with Gasteiger partial charge in [0.2, 0.25) is 5.91 Å². The molecule has 2 aromatic carbocycles. The summed E-state index contributed by atoms with van der Waals surface area (Å²) in [4.78, 5) is 14.5. The molecule has 1 amide bonds. The third-order valence-corrected chi connectivity index (χ3v) is 4.99. The Morgan fingerprint density at radius 3 is 2.75 bits per heavy atom. The van der Waals surface area contributed by atoms with Crippen LogP contribution in [-0.2, 0) is 11.2 Å². The fraction of sp³-hybridized carbons (Fsp3) is 0.167. The summed E-state index contributed by atoms with van der Waals surface area (Å²) in [5.41, 5.74) is 3.26. The van der Waals surface area contributed by atoms with Gasteiger partial charge in [-0.15, -0.1) is 10.2 Å². The minimum absolute atomic E-state index is 0.104. The summed E-state index contributed by atoms with van der Waals surface area (Å²) >= 11 is 1.42. The van der Waals surface area contributed by atoms with E-state index in [4.69, 9.17) is 0 Å². The van der Waals surface area contributed by atoms with E-state index < -0.39 is 0 Å². The maximum absolute atomic E-state index is 12.6. The number of hydrogen-bond acceptors (Lipinski definition) is 4. The SMILES string of the molecule is O=C(CSc1nncn1-c1ccccc1)N1CCc2ccccc21. The normalized spacial score (nSPS) is 13.1. The number of carbonyl (C=O) groups is 1. The number of rotatable bonds is 4. The summed E-state index contributed by atoms with van der Waals surface area (Å²) in [5, 5.41) is 8.84. The van der Waals surface area contributed by atoms with Gasteiger partial charge in [0.25, 0.3) is 0 Å².